The van der Waals surface area contributed by atoms with Crippen LogP contribution < -0.4 is 10.2 Å². The maximum Gasteiger partial charge on any atom is 0.335 e. The van der Waals surface area contributed by atoms with Crippen LogP contribution in [0.2, 0.25) is 0 Å². The highest BCUT2D eigenvalue weighted by Gasteiger charge is 2.16. The Bertz CT molecular complexity index is 1280. The highest BCUT2D eigenvalue weighted by molar-refractivity contribution is 5.88. The van der Waals surface area contributed by atoms with E-state index in [0.29, 0.717) is 11.6 Å². The fraction of sp³-hybridized carbons (Fsp3) is 0.217. The summed E-state index contributed by atoms with van der Waals surface area (Å²) in [6.07, 6.45) is 3.71. The summed E-state index contributed by atoms with van der Waals surface area (Å²) < 4.78 is 7.49. The quantitative estimate of drug-likeness (QED) is 0.497. The minimum absolute atomic E-state index is 0.225. The van der Waals surface area contributed by atoms with E-state index in [2.05, 4.69) is 32.3 Å². The number of aryl methyl sites for hydroxylation is 1. The molecule has 9 nitrogen and oxygen atoms in total. The minimum atomic E-state index is -0.963. The van der Waals surface area contributed by atoms with Crippen molar-refractivity contribution in [2.75, 3.05) is 36.5 Å². The molecule has 1 saturated heterocycles. The van der Waals surface area contributed by atoms with Crippen molar-refractivity contribution < 1.29 is 14.6 Å². The molecule has 0 unspecified atom stereocenters. The van der Waals surface area contributed by atoms with Crippen molar-refractivity contribution >= 4 is 28.9 Å². The van der Waals surface area contributed by atoms with Crippen LogP contribution in [0.15, 0.2) is 54.9 Å². The SMILES string of the molecule is Cc1nc2cc(N3CCOCC3)ccn2c1-c1ccnc(Nc2ccc(C(=O)O)cc2)n1. The van der Waals surface area contributed by atoms with Gasteiger partial charge in [0.1, 0.15) is 5.65 Å². The van der Waals surface area contributed by atoms with Gasteiger partial charge >= 0.3 is 5.97 Å². The molecule has 1 aromatic carbocycles. The van der Waals surface area contributed by atoms with Crippen LogP contribution in [-0.2, 0) is 4.74 Å². The summed E-state index contributed by atoms with van der Waals surface area (Å²) in [7, 11) is 0. The van der Waals surface area contributed by atoms with Crippen LogP contribution in [0, 0.1) is 6.92 Å². The molecule has 4 heterocycles. The second-order valence-electron chi connectivity index (χ2n) is 7.53. The van der Waals surface area contributed by atoms with Gasteiger partial charge in [0.15, 0.2) is 0 Å². The van der Waals surface area contributed by atoms with Gasteiger partial charge in [-0.2, -0.15) is 0 Å². The van der Waals surface area contributed by atoms with Crippen LogP contribution in [0.5, 0.6) is 0 Å². The highest BCUT2D eigenvalue weighted by Crippen LogP contribution is 2.27. The molecule has 9 heteroatoms. The lowest BCUT2D eigenvalue weighted by Crippen LogP contribution is -2.36. The number of hydrogen-bond donors (Lipinski definition) is 2. The first kappa shape index (κ1) is 20.0. The van der Waals surface area contributed by atoms with E-state index in [4.69, 9.17) is 14.8 Å². The third-order valence-electron chi connectivity index (χ3n) is 5.45. The van der Waals surface area contributed by atoms with Gasteiger partial charge in [-0.15, -0.1) is 0 Å². The number of carboxylic acids is 1. The predicted molar refractivity (Wildman–Crippen MR) is 121 cm³/mol. The molecule has 5 rings (SSSR count). The van der Waals surface area contributed by atoms with Crippen LogP contribution >= 0.6 is 0 Å². The van der Waals surface area contributed by atoms with Crippen molar-refractivity contribution in [2.24, 2.45) is 0 Å². The standard InChI is InChI=1S/C23H22N6O3/c1-15-21(29-9-7-18(14-20(29)25-15)28-10-12-32-13-11-28)19-6-8-24-23(27-19)26-17-4-2-16(3-5-17)22(30)31/h2-9,14H,10-13H2,1H3,(H,30,31)(H,24,26,27). The van der Waals surface area contributed by atoms with Crippen molar-refractivity contribution in [3.8, 4) is 11.4 Å². The average Bonchev–Trinajstić information content (AvgIpc) is 3.15. The summed E-state index contributed by atoms with van der Waals surface area (Å²) >= 11 is 0. The van der Waals surface area contributed by atoms with Gasteiger partial charge in [-0.25, -0.2) is 19.7 Å². The Morgan fingerprint density at radius 3 is 2.62 bits per heavy atom. The van der Waals surface area contributed by atoms with Gasteiger partial charge in [-0.1, -0.05) is 0 Å². The number of ether oxygens (including phenoxy) is 1. The van der Waals surface area contributed by atoms with Gasteiger partial charge in [-0.05, 0) is 43.3 Å². The van der Waals surface area contributed by atoms with Crippen molar-refractivity contribution in [3.63, 3.8) is 0 Å². The molecule has 0 spiro atoms. The number of benzene rings is 1. The number of imidazole rings is 1. The van der Waals surface area contributed by atoms with E-state index in [-0.39, 0.29) is 5.56 Å². The molecule has 1 fully saturated rings. The molecule has 0 amide bonds. The monoisotopic (exact) mass is 430 g/mol. The average molecular weight is 430 g/mol. The number of rotatable bonds is 5. The lowest BCUT2D eigenvalue weighted by molar-refractivity contribution is 0.0697. The maximum atomic E-state index is 11.0. The molecule has 32 heavy (non-hydrogen) atoms. The largest absolute Gasteiger partial charge is 0.478 e. The first-order chi connectivity index (χ1) is 15.6. The van der Waals surface area contributed by atoms with Crippen molar-refractivity contribution in [1.29, 1.82) is 0 Å². The van der Waals surface area contributed by atoms with Crippen molar-refractivity contribution in [1.82, 2.24) is 19.4 Å². The van der Waals surface area contributed by atoms with E-state index in [0.717, 1.165) is 54.7 Å². The van der Waals surface area contributed by atoms with Gasteiger partial charge < -0.3 is 20.1 Å². The Balaban J connectivity index is 1.44. The minimum Gasteiger partial charge on any atom is -0.478 e. The number of morpholine rings is 1. The number of carboxylic acid groups (broad SMARTS) is 1. The van der Waals surface area contributed by atoms with Crippen LogP contribution in [0.4, 0.5) is 17.3 Å². The number of aromatic carboxylic acids is 1. The normalized spacial score (nSPS) is 14.0. The van der Waals surface area contributed by atoms with E-state index in [1.165, 1.54) is 12.1 Å². The summed E-state index contributed by atoms with van der Waals surface area (Å²) in [6, 6.07) is 12.5. The molecule has 0 saturated carbocycles. The summed E-state index contributed by atoms with van der Waals surface area (Å²) in [6.45, 7) is 5.18. The summed E-state index contributed by atoms with van der Waals surface area (Å²) in [5, 5.41) is 12.2. The molecular formula is C23H22N6O3. The molecule has 2 N–H and O–H groups in total. The number of anilines is 3. The molecule has 1 aliphatic rings. The molecule has 0 atom stereocenters. The van der Waals surface area contributed by atoms with Gasteiger partial charge in [0.05, 0.1) is 35.9 Å². The van der Waals surface area contributed by atoms with E-state index < -0.39 is 5.97 Å². The number of aromatic nitrogens is 4. The highest BCUT2D eigenvalue weighted by atomic mass is 16.5. The Hall–Kier alpha value is -3.98. The van der Waals surface area contributed by atoms with Crippen molar-refractivity contribution in [2.45, 2.75) is 6.92 Å². The van der Waals surface area contributed by atoms with Gasteiger partial charge in [0, 0.05) is 42.9 Å². The number of nitrogens with one attached hydrogen (secondary N) is 1. The van der Waals surface area contributed by atoms with Crippen LogP contribution in [0.25, 0.3) is 17.0 Å². The first-order valence-electron chi connectivity index (χ1n) is 10.3. The second-order valence-corrected chi connectivity index (χ2v) is 7.53. The van der Waals surface area contributed by atoms with E-state index in [1.54, 1.807) is 18.3 Å². The third-order valence-corrected chi connectivity index (χ3v) is 5.45. The van der Waals surface area contributed by atoms with E-state index in [1.807, 2.05) is 23.6 Å². The molecule has 162 valence electrons. The maximum absolute atomic E-state index is 11.0. The topological polar surface area (TPSA) is 105 Å². The fourth-order valence-electron chi connectivity index (χ4n) is 3.85. The van der Waals surface area contributed by atoms with Crippen LogP contribution in [0.3, 0.4) is 0 Å². The molecule has 0 bridgehead atoms. The fourth-order valence-corrected chi connectivity index (χ4v) is 3.85. The van der Waals surface area contributed by atoms with Gasteiger partial charge in [0.2, 0.25) is 5.95 Å². The Morgan fingerprint density at radius 1 is 1.09 bits per heavy atom. The van der Waals surface area contributed by atoms with E-state index >= 15 is 0 Å². The molecule has 1 aliphatic heterocycles. The van der Waals surface area contributed by atoms with Crippen molar-refractivity contribution in [3.05, 3.63) is 66.1 Å². The zero-order valence-corrected chi connectivity index (χ0v) is 17.5. The Kier molecular flexibility index (Phi) is 5.16. The smallest absolute Gasteiger partial charge is 0.335 e. The number of fused-ring (bicyclic) bond motifs is 1. The Morgan fingerprint density at radius 2 is 1.88 bits per heavy atom. The predicted octanol–water partition coefficient (Wildman–Crippen LogP) is 3.38. The second kappa shape index (κ2) is 8.27. The summed E-state index contributed by atoms with van der Waals surface area (Å²) in [5.74, 6) is -0.542. The molecule has 0 aliphatic carbocycles. The molecule has 3 aromatic heterocycles. The number of hydrogen-bond acceptors (Lipinski definition) is 7. The summed E-state index contributed by atoms with van der Waals surface area (Å²) in [5.41, 5.74) is 5.44. The summed E-state index contributed by atoms with van der Waals surface area (Å²) in [4.78, 5) is 27.1. The van der Waals surface area contributed by atoms with E-state index in [9.17, 15) is 4.79 Å². The lowest BCUT2D eigenvalue weighted by atomic mass is 10.2. The lowest BCUT2D eigenvalue weighted by Gasteiger charge is -2.28. The zero-order valence-electron chi connectivity index (χ0n) is 17.5. The first-order valence-corrected chi connectivity index (χ1v) is 10.3. The number of carbonyl (C=O) groups is 1. The van der Waals surface area contributed by atoms with Crippen LogP contribution in [-0.4, -0.2) is 56.7 Å². The van der Waals surface area contributed by atoms with Gasteiger partial charge in [0.25, 0.3) is 0 Å². The zero-order chi connectivity index (χ0) is 22.1. The molecule has 0 radical (unpaired) electrons. The molecular weight excluding hydrogens is 408 g/mol. The third kappa shape index (κ3) is 3.85. The molecule has 4 aromatic rings. The van der Waals surface area contributed by atoms with Gasteiger partial charge in [-0.3, -0.25) is 4.40 Å². The number of pyridine rings is 1. The van der Waals surface area contributed by atoms with Crippen LogP contribution in [0.1, 0.15) is 16.1 Å². The number of nitrogens with zero attached hydrogens (tertiary/aromatic N) is 5. The Labute approximate surface area is 184 Å².